The molecule has 0 aliphatic rings. The second-order valence-electron chi connectivity index (χ2n) is 5.45. The van der Waals surface area contributed by atoms with Crippen LogP contribution in [0.3, 0.4) is 0 Å². The Bertz CT molecular complexity index is 955. The smallest absolute Gasteiger partial charge is 0.267 e. The predicted molar refractivity (Wildman–Crippen MR) is 106 cm³/mol. The van der Waals surface area contributed by atoms with Gasteiger partial charge in [-0.15, -0.1) is 11.3 Å². The first kappa shape index (κ1) is 18.1. The number of rotatable bonds is 5. The Morgan fingerprint density at radius 3 is 2.54 bits per heavy atom. The summed E-state index contributed by atoms with van der Waals surface area (Å²) in [5.74, 6) is -0.347. The molecule has 2 amide bonds. The number of hydrogen-bond donors (Lipinski definition) is 2. The molecule has 0 aliphatic heterocycles. The number of halogens is 1. The predicted octanol–water partition coefficient (Wildman–Crippen LogP) is 5.06. The molecule has 1 aromatic heterocycles. The first-order chi connectivity index (χ1) is 12.6. The van der Waals surface area contributed by atoms with Crippen LogP contribution in [-0.4, -0.2) is 16.8 Å². The van der Waals surface area contributed by atoms with Gasteiger partial charge in [-0.05, 0) is 24.3 Å². The number of carbonyl (C=O) groups is 2. The lowest BCUT2D eigenvalue weighted by Crippen LogP contribution is -2.12. The molecule has 0 saturated carbocycles. The van der Waals surface area contributed by atoms with Gasteiger partial charge in [-0.3, -0.25) is 9.59 Å². The van der Waals surface area contributed by atoms with Gasteiger partial charge in [0.2, 0.25) is 5.91 Å². The fraction of sp³-hybridized carbons (Fsp3) is 0.105. The van der Waals surface area contributed by atoms with Crippen molar-refractivity contribution < 1.29 is 9.59 Å². The van der Waals surface area contributed by atoms with Crippen molar-refractivity contribution in [2.75, 3.05) is 10.6 Å². The molecule has 0 unspecified atom stereocenters. The fourth-order valence-corrected chi connectivity index (χ4v) is 3.39. The van der Waals surface area contributed by atoms with E-state index in [2.05, 4.69) is 15.6 Å². The third kappa shape index (κ3) is 4.28. The highest BCUT2D eigenvalue weighted by atomic mass is 35.5. The molecule has 0 spiro atoms. The van der Waals surface area contributed by atoms with E-state index in [9.17, 15) is 9.59 Å². The molecular weight excluding hydrogens is 370 g/mol. The van der Waals surface area contributed by atoms with Crippen molar-refractivity contribution in [1.29, 1.82) is 0 Å². The van der Waals surface area contributed by atoms with Crippen LogP contribution in [0.25, 0.3) is 10.6 Å². The van der Waals surface area contributed by atoms with Crippen molar-refractivity contribution in [1.82, 2.24) is 4.98 Å². The van der Waals surface area contributed by atoms with Gasteiger partial charge >= 0.3 is 0 Å². The lowest BCUT2D eigenvalue weighted by atomic mass is 10.2. The van der Waals surface area contributed by atoms with E-state index in [4.69, 9.17) is 11.6 Å². The molecule has 0 radical (unpaired) electrons. The Hall–Kier alpha value is -2.70. The van der Waals surface area contributed by atoms with E-state index in [1.807, 2.05) is 18.2 Å². The van der Waals surface area contributed by atoms with E-state index in [0.29, 0.717) is 32.7 Å². The zero-order valence-electron chi connectivity index (χ0n) is 14.0. The highest BCUT2D eigenvalue weighted by Crippen LogP contribution is 2.31. The maximum atomic E-state index is 12.5. The van der Waals surface area contributed by atoms with Gasteiger partial charge in [0.1, 0.15) is 9.88 Å². The standard InChI is InChI=1S/C19H16ClN3O2S/c1-2-17(24)22-12-6-5-7-13(10-12)23-18(25)16-11-21-19(26-16)14-8-3-4-9-15(14)20/h3-11H,2H2,1H3,(H,22,24)(H,23,25). The van der Waals surface area contributed by atoms with Crippen LogP contribution >= 0.6 is 22.9 Å². The lowest BCUT2D eigenvalue weighted by molar-refractivity contribution is -0.115. The monoisotopic (exact) mass is 385 g/mol. The van der Waals surface area contributed by atoms with Crippen LogP contribution in [0, 0.1) is 0 Å². The highest BCUT2D eigenvalue weighted by molar-refractivity contribution is 7.17. The minimum atomic E-state index is -0.264. The fourth-order valence-electron chi connectivity index (χ4n) is 2.26. The first-order valence-electron chi connectivity index (χ1n) is 7.99. The normalized spacial score (nSPS) is 10.4. The molecule has 0 aliphatic carbocycles. The summed E-state index contributed by atoms with van der Waals surface area (Å²) in [6.07, 6.45) is 1.92. The van der Waals surface area contributed by atoms with Crippen LogP contribution in [0.5, 0.6) is 0 Å². The van der Waals surface area contributed by atoms with Gasteiger partial charge in [0.05, 0.1) is 11.2 Å². The van der Waals surface area contributed by atoms with Crippen LogP contribution in [0.1, 0.15) is 23.0 Å². The minimum Gasteiger partial charge on any atom is -0.326 e. The Balaban J connectivity index is 1.74. The van der Waals surface area contributed by atoms with E-state index in [0.717, 1.165) is 5.56 Å². The summed E-state index contributed by atoms with van der Waals surface area (Å²) in [5, 5.41) is 6.85. The highest BCUT2D eigenvalue weighted by Gasteiger charge is 2.14. The number of aromatic nitrogens is 1. The zero-order valence-corrected chi connectivity index (χ0v) is 15.5. The van der Waals surface area contributed by atoms with Gasteiger partial charge in [0, 0.05) is 23.4 Å². The van der Waals surface area contributed by atoms with Gasteiger partial charge in [-0.1, -0.05) is 42.8 Å². The summed E-state index contributed by atoms with van der Waals surface area (Å²) < 4.78 is 0. The molecule has 2 N–H and O–H groups in total. The average molecular weight is 386 g/mol. The number of hydrogen-bond acceptors (Lipinski definition) is 4. The topological polar surface area (TPSA) is 71.1 Å². The van der Waals surface area contributed by atoms with Gasteiger partial charge in [-0.25, -0.2) is 4.98 Å². The van der Waals surface area contributed by atoms with Crippen LogP contribution in [-0.2, 0) is 4.79 Å². The van der Waals surface area contributed by atoms with E-state index >= 15 is 0 Å². The van der Waals surface area contributed by atoms with Crippen LogP contribution in [0.4, 0.5) is 11.4 Å². The van der Waals surface area contributed by atoms with Gasteiger partial charge in [-0.2, -0.15) is 0 Å². The largest absolute Gasteiger partial charge is 0.326 e. The summed E-state index contributed by atoms with van der Waals surface area (Å²) in [6.45, 7) is 1.78. The summed E-state index contributed by atoms with van der Waals surface area (Å²) in [6, 6.07) is 14.4. The van der Waals surface area contributed by atoms with Crippen LogP contribution < -0.4 is 10.6 Å². The summed E-state index contributed by atoms with van der Waals surface area (Å²) in [7, 11) is 0. The molecule has 3 rings (SSSR count). The van der Waals surface area contributed by atoms with Crippen molar-refractivity contribution in [3.05, 3.63) is 64.6 Å². The molecule has 7 heteroatoms. The molecule has 0 fully saturated rings. The van der Waals surface area contributed by atoms with Gasteiger partial charge < -0.3 is 10.6 Å². The van der Waals surface area contributed by atoms with E-state index in [-0.39, 0.29) is 11.8 Å². The number of amides is 2. The van der Waals surface area contributed by atoms with Gasteiger partial charge in [0.15, 0.2) is 0 Å². The van der Waals surface area contributed by atoms with Crippen LogP contribution in [0.2, 0.25) is 5.02 Å². The van der Waals surface area contributed by atoms with Crippen LogP contribution in [0.15, 0.2) is 54.7 Å². The van der Waals surface area contributed by atoms with Crippen molar-refractivity contribution in [2.45, 2.75) is 13.3 Å². The SMILES string of the molecule is CCC(=O)Nc1cccc(NC(=O)c2cnc(-c3ccccc3Cl)s2)c1. The molecule has 0 bridgehead atoms. The molecule has 2 aromatic carbocycles. The number of nitrogens with zero attached hydrogens (tertiary/aromatic N) is 1. The summed E-state index contributed by atoms with van der Waals surface area (Å²) >= 11 is 7.45. The van der Waals surface area contributed by atoms with Crippen molar-refractivity contribution >= 4 is 46.1 Å². The summed E-state index contributed by atoms with van der Waals surface area (Å²) in [5.41, 5.74) is 2.02. The van der Waals surface area contributed by atoms with E-state index in [1.165, 1.54) is 17.5 Å². The molecular formula is C19H16ClN3O2S. The van der Waals surface area contributed by atoms with Gasteiger partial charge in [0.25, 0.3) is 5.91 Å². The molecule has 132 valence electrons. The summed E-state index contributed by atoms with van der Waals surface area (Å²) in [4.78, 5) is 28.7. The second-order valence-corrected chi connectivity index (χ2v) is 6.88. The quantitative estimate of drug-likeness (QED) is 0.644. The molecule has 0 atom stereocenters. The zero-order chi connectivity index (χ0) is 18.5. The average Bonchev–Trinajstić information content (AvgIpc) is 3.12. The maximum absolute atomic E-state index is 12.5. The number of thiazole rings is 1. The molecule has 26 heavy (non-hydrogen) atoms. The van der Waals surface area contributed by atoms with E-state index < -0.39 is 0 Å². The molecule has 5 nitrogen and oxygen atoms in total. The Morgan fingerprint density at radius 2 is 1.81 bits per heavy atom. The van der Waals surface area contributed by atoms with Crippen molar-refractivity contribution in [3.8, 4) is 10.6 Å². The number of carbonyl (C=O) groups excluding carboxylic acids is 2. The van der Waals surface area contributed by atoms with Crippen molar-refractivity contribution in [2.24, 2.45) is 0 Å². The second kappa shape index (κ2) is 8.12. The Labute approximate surface area is 160 Å². The molecule has 3 aromatic rings. The Morgan fingerprint density at radius 1 is 1.08 bits per heavy atom. The first-order valence-corrected chi connectivity index (χ1v) is 9.18. The third-order valence-corrected chi connectivity index (χ3v) is 4.92. The minimum absolute atomic E-state index is 0.0830. The Kier molecular flexibility index (Phi) is 5.65. The molecule has 1 heterocycles. The maximum Gasteiger partial charge on any atom is 0.267 e. The third-order valence-electron chi connectivity index (χ3n) is 3.56. The molecule has 0 saturated heterocycles. The number of nitrogens with one attached hydrogen (secondary N) is 2. The number of benzene rings is 2. The number of anilines is 2. The van der Waals surface area contributed by atoms with E-state index in [1.54, 1.807) is 37.3 Å². The van der Waals surface area contributed by atoms with Crippen molar-refractivity contribution in [3.63, 3.8) is 0 Å². The lowest BCUT2D eigenvalue weighted by Gasteiger charge is -2.07.